The Kier molecular flexibility index (Phi) is 1.47. The Balaban J connectivity index is 2.67. The third-order valence-electron chi connectivity index (χ3n) is 1.42. The maximum atomic E-state index is 3.18. The van der Waals surface area contributed by atoms with E-state index < -0.39 is 0 Å². The van der Waals surface area contributed by atoms with Crippen molar-refractivity contribution in [2.24, 2.45) is 0 Å². The molecule has 0 saturated heterocycles. The molecule has 0 spiro atoms. The fraction of sp³-hybridized carbons (Fsp3) is 0.143. The molecule has 0 fully saturated rings. The molecule has 52 valence electrons. The monoisotopic (exact) mass is 169 g/mol. The highest BCUT2D eigenvalue weighted by atomic mass is 32.2. The summed E-state index contributed by atoms with van der Waals surface area (Å²) in [6, 6.07) is 4.31. The number of hydrogen-bond donors (Lipinski definition) is 1. The SMILES string of the molecule is CSc1cc2cc[nH]c2s1. The van der Waals surface area contributed by atoms with Gasteiger partial charge in [0.25, 0.3) is 0 Å². The molecule has 2 heterocycles. The van der Waals surface area contributed by atoms with E-state index in [1.165, 1.54) is 14.4 Å². The number of rotatable bonds is 1. The number of aromatic amines is 1. The minimum atomic E-state index is 1.28. The Morgan fingerprint density at radius 3 is 3.20 bits per heavy atom. The largest absolute Gasteiger partial charge is 0.353 e. The van der Waals surface area contributed by atoms with E-state index in [-0.39, 0.29) is 0 Å². The van der Waals surface area contributed by atoms with E-state index in [1.807, 2.05) is 17.5 Å². The minimum absolute atomic E-state index is 1.28. The lowest BCUT2D eigenvalue weighted by Gasteiger charge is -1.80. The molecule has 0 atom stereocenters. The molecule has 0 aliphatic carbocycles. The van der Waals surface area contributed by atoms with Crippen LogP contribution < -0.4 is 0 Å². The second kappa shape index (κ2) is 2.32. The van der Waals surface area contributed by atoms with Crippen LogP contribution in [0.25, 0.3) is 10.2 Å². The Bertz CT molecular complexity index is 305. The van der Waals surface area contributed by atoms with Gasteiger partial charge in [0.1, 0.15) is 4.83 Å². The predicted octanol–water partition coefficient (Wildman–Crippen LogP) is 2.95. The summed E-state index contributed by atoms with van der Waals surface area (Å²) in [5.74, 6) is 0. The number of aromatic nitrogens is 1. The summed E-state index contributed by atoms with van der Waals surface area (Å²) in [6.45, 7) is 0. The Labute approximate surface area is 67.5 Å². The highest BCUT2D eigenvalue weighted by molar-refractivity contribution is 8.00. The zero-order chi connectivity index (χ0) is 6.97. The van der Waals surface area contributed by atoms with Crippen molar-refractivity contribution in [1.29, 1.82) is 0 Å². The van der Waals surface area contributed by atoms with Crippen molar-refractivity contribution in [1.82, 2.24) is 4.98 Å². The lowest BCUT2D eigenvalue weighted by molar-refractivity contribution is 1.50. The topological polar surface area (TPSA) is 15.8 Å². The molecule has 2 aromatic rings. The first kappa shape index (κ1) is 6.31. The summed E-state index contributed by atoms with van der Waals surface area (Å²) in [4.78, 5) is 4.46. The molecule has 0 unspecified atom stereocenters. The standard InChI is InChI=1S/C7H7NS2/c1-9-6-4-5-2-3-8-7(5)10-6/h2-4,8H,1H3. The normalized spacial score (nSPS) is 10.9. The van der Waals surface area contributed by atoms with E-state index in [0.29, 0.717) is 0 Å². The molecule has 1 nitrogen and oxygen atoms in total. The zero-order valence-corrected chi connectivity index (χ0v) is 7.18. The molecule has 0 bridgehead atoms. The molecular weight excluding hydrogens is 162 g/mol. The highest BCUT2D eigenvalue weighted by Crippen LogP contribution is 2.30. The van der Waals surface area contributed by atoms with Gasteiger partial charge in [-0.05, 0) is 18.4 Å². The van der Waals surface area contributed by atoms with Gasteiger partial charge < -0.3 is 4.98 Å². The van der Waals surface area contributed by atoms with Gasteiger partial charge in [0.05, 0.1) is 4.21 Å². The summed E-state index contributed by atoms with van der Waals surface area (Å²) >= 11 is 3.61. The number of thiophene rings is 1. The van der Waals surface area contributed by atoms with Crippen molar-refractivity contribution in [3.05, 3.63) is 18.3 Å². The van der Waals surface area contributed by atoms with E-state index in [9.17, 15) is 0 Å². The Morgan fingerprint density at radius 1 is 1.60 bits per heavy atom. The third kappa shape index (κ3) is 0.859. The third-order valence-corrected chi connectivity index (χ3v) is 3.56. The molecule has 1 N–H and O–H groups in total. The van der Waals surface area contributed by atoms with Crippen molar-refractivity contribution in [3.8, 4) is 0 Å². The van der Waals surface area contributed by atoms with Gasteiger partial charge in [0, 0.05) is 11.6 Å². The van der Waals surface area contributed by atoms with Crippen LogP contribution in [0, 0.1) is 0 Å². The predicted molar refractivity (Wildman–Crippen MR) is 48.0 cm³/mol. The van der Waals surface area contributed by atoms with Crippen LogP contribution in [0.3, 0.4) is 0 Å². The number of hydrogen-bond acceptors (Lipinski definition) is 2. The van der Waals surface area contributed by atoms with Crippen LogP contribution in [0.4, 0.5) is 0 Å². The molecule has 0 aliphatic heterocycles. The fourth-order valence-corrected chi connectivity index (χ4v) is 2.51. The number of H-pyrrole nitrogens is 1. The van der Waals surface area contributed by atoms with Crippen LogP contribution >= 0.6 is 23.1 Å². The number of nitrogens with one attached hydrogen (secondary N) is 1. The van der Waals surface area contributed by atoms with E-state index >= 15 is 0 Å². The molecule has 0 saturated carbocycles. The van der Waals surface area contributed by atoms with Gasteiger partial charge in [-0.25, -0.2) is 0 Å². The first-order valence-corrected chi connectivity index (χ1v) is 5.05. The van der Waals surface area contributed by atoms with Crippen LogP contribution in [0.1, 0.15) is 0 Å². The first-order chi connectivity index (χ1) is 4.90. The molecule has 0 amide bonds. The summed E-state index contributed by atoms with van der Waals surface area (Å²) in [6.07, 6.45) is 4.08. The van der Waals surface area contributed by atoms with Gasteiger partial charge in [-0.15, -0.1) is 23.1 Å². The molecule has 10 heavy (non-hydrogen) atoms. The summed E-state index contributed by atoms with van der Waals surface area (Å²) < 4.78 is 1.38. The summed E-state index contributed by atoms with van der Waals surface area (Å²) in [5, 5.41) is 1.33. The molecule has 0 radical (unpaired) electrons. The van der Waals surface area contributed by atoms with Gasteiger partial charge in [0.15, 0.2) is 0 Å². The Morgan fingerprint density at radius 2 is 2.50 bits per heavy atom. The van der Waals surface area contributed by atoms with Crippen LogP contribution in [0.2, 0.25) is 0 Å². The second-order valence-corrected chi connectivity index (χ2v) is 4.19. The molecule has 0 aliphatic rings. The quantitative estimate of drug-likeness (QED) is 0.649. The summed E-state index contributed by atoms with van der Waals surface area (Å²) in [7, 11) is 0. The maximum absolute atomic E-state index is 3.18. The fourth-order valence-electron chi connectivity index (χ4n) is 0.926. The van der Waals surface area contributed by atoms with Crippen LogP contribution in [-0.2, 0) is 0 Å². The molecular formula is C7H7NS2. The molecule has 3 heteroatoms. The maximum Gasteiger partial charge on any atom is 0.101 e. The van der Waals surface area contributed by atoms with Gasteiger partial charge in [-0.2, -0.15) is 0 Å². The Hall–Kier alpha value is -0.410. The van der Waals surface area contributed by atoms with Crippen molar-refractivity contribution in [3.63, 3.8) is 0 Å². The zero-order valence-electron chi connectivity index (χ0n) is 5.55. The first-order valence-electron chi connectivity index (χ1n) is 3.01. The van der Waals surface area contributed by atoms with Crippen LogP contribution in [-0.4, -0.2) is 11.2 Å². The average Bonchev–Trinajstić information content (AvgIpc) is 2.42. The van der Waals surface area contributed by atoms with Crippen molar-refractivity contribution in [2.75, 3.05) is 6.26 Å². The van der Waals surface area contributed by atoms with E-state index in [2.05, 4.69) is 23.4 Å². The van der Waals surface area contributed by atoms with E-state index in [0.717, 1.165) is 0 Å². The molecule has 2 aromatic heterocycles. The second-order valence-electron chi connectivity index (χ2n) is 2.03. The minimum Gasteiger partial charge on any atom is -0.353 e. The van der Waals surface area contributed by atoms with Gasteiger partial charge >= 0.3 is 0 Å². The average molecular weight is 169 g/mol. The lowest BCUT2D eigenvalue weighted by Crippen LogP contribution is -1.50. The van der Waals surface area contributed by atoms with Crippen molar-refractivity contribution in [2.45, 2.75) is 4.21 Å². The lowest BCUT2D eigenvalue weighted by atomic mass is 10.4. The van der Waals surface area contributed by atoms with E-state index in [1.54, 1.807) is 11.8 Å². The van der Waals surface area contributed by atoms with Gasteiger partial charge in [-0.3, -0.25) is 0 Å². The smallest absolute Gasteiger partial charge is 0.101 e. The number of fused-ring (bicyclic) bond motifs is 1. The summed E-state index contributed by atoms with van der Waals surface area (Å²) in [5.41, 5.74) is 0. The molecule has 2 rings (SSSR count). The van der Waals surface area contributed by atoms with Gasteiger partial charge in [0.2, 0.25) is 0 Å². The number of thioether (sulfide) groups is 1. The van der Waals surface area contributed by atoms with Crippen molar-refractivity contribution < 1.29 is 0 Å². The van der Waals surface area contributed by atoms with Crippen molar-refractivity contribution >= 4 is 33.3 Å². The van der Waals surface area contributed by atoms with Crippen LogP contribution in [0.5, 0.6) is 0 Å². The highest BCUT2D eigenvalue weighted by Gasteiger charge is 1.98. The molecule has 0 aromatic carbocycles. The van der Waals surface area contributed by atoms with Crippen LogP contribution in [0.15, 0.2) is 22.5 Å². The van der Waals surface area contributed by atoms with Gasteiger partial charge in [-0.1, -0.05) is 0 Å². The van der Waals surface area contributed by atoms with E-state index in [4.69, 9.17) is 0 Å².